The van der Waals surface area contributed by atoms with E-state index in [2.05, 4.69) is 16.0 Å². The van der Waals surface area contributed by atoms with Crippen molar-refractivity contribution in [3.05, 3.63) is 65.2 Å². The quantitative estimate of drug-likeness (QED) is 0.514. The summed E-state index contributed by atoms with van der Waals surface area (Å²) in [5.41, 5.74) is 2.44. The molecule has 3 N–H and O–H groups in total. The van der Waals surface area contributed by atoms with Crippen LogP contribution in [0.5, 0.6) is 0 Å². The number of esters is 1. The lowest BCUT2D eigenvalue weighted by atomic mass is 10.0. The average Bonchev–Trinajstić information content (AvgIpc) is 2.81. The van der Waals surface area contributed by atoms with E-state index < -0.39 is 29.9 Å². The molecule has 0 aliphatic rings. The van der Waals surface area contributed by atoms with Gasteiger partial charge in [0.15, 0.2) is 6.04 Å². The Morgan fingerprint density at radius 1 is 0.938 bits per heavy atom. The van der Waals surface area contributed by atoms with Crippen LogP contribution >= 0.6 is 0 Å². The van der Waals surface area contributed by atoms with Crippen molar-refractivity contribution >= 4 is 29.6 Å². The number of hydrogen-bond acceptors (Lipinski definition) is 6. The molecule has 0 saturated heterocycles. The van der Waals surface area contributed by atoms with Crippen molar-refractivity contribution in [3.63, 3.8) is 0 Å². The minimum Gasteiger partial charge on any atom is -0.467 e. The minimum atomic E-state index is -0.983. The van der Waals surface area contributed by atoms with Crippen molar-refractivity contribution in [1.29, 1.82) is 0 Å². The molecule has 2 aromatic carbocycles. The zero-order valence-corrected chi connectivity index (χ0v) is 18.3. The Bertz CT molecular complexity index is 941. The molecular weight excluding hydrogens is 414 g/mol. The monoisotopic (exact) mass is 441 g/mol. The highest BCUT2D eigenvalue weighted by Crippen LogP contribution is 2.16. The zero-order valence-electron chi connectivity index (χ0n) is 18.3. The summed E-state index contributed by atoms with van der Waals surface area (Å²) in [7, 11) is 1.24. The highest BCUT2D eigenvalue weighted by molar-refractivity contribution is 5.97. The molecule has 0 radical (unpaired) electrons. The van der Waals surface area contributed by atoms with Crippen molar-refractivity contribution in [3.8, 4) is 0 Å². The number of carbonyl (C=O) groups is 4. The predicted molar refractivity (Wildman–Crippen MR) is 118 cm³/mol. The van der Waals surface area contributed by atoms with Gasteiger partial charge in [-0.2, -0.15) is 0 Å². The van der Waals surface area contributed by atoms with Gasteiger partial charge in [-0.1, -0.05) is 31.2 Å². The number of carbonyl (C=O) groups excluding carboxylic acids is 4. The maximum absolute atomic E-state index is 12.3. The van der Waals surface area contributed by atoms with E-state index in [0.717, 1.165) is 12.0 Å². The standard InChI is InChI=1S/C23H27N3O6/c1-4-15-6-8-16(9-7-15)20(22(29)31-3)26-19(27)14-24-21(28)17-10-12-18(13-11-17)25-23(30)32-5-2/h6-13,20H,4-5,14H2,1-3H3,(H,24,28)(H,25,30)(H,26,27). The second kappa shape index (κ2) is 12.1. The fraction of sp³-hybridized carbons (Fsp3) is 0.304. The first-order valence-corrected chi connectivity index (χ1v) is 10.2. The molecule has 170 valence electrons. The third-order valence-electron chi connectivity index (χ3n) is 4.54. The van der Waals surface area contributed by atoms with Crippen molar-refractivity contribution in [2.75, 3.05) is 25.6 Å². The molecule has 9 heteroatoms. The van der Waals surface area contributed by atoms with Crippen LogP contribution in [-0.2, 0) is 25.5 Å². The van der Waals surface area contributed by atoms with Gasteiger partial charge in [0.1, 0.15) is 0 Å². The van der Waals surface area contributed by atoms with Gasteiger partial charge in [0, 0.05) is 11.3 Å². The highest BCUT2D eigenvalue weighted by Gasteiger charge is 2.23. The smallest absolute Gasteiger partial charge is 0.411 e. The van der Waals surface area contributed by atoms with E-state index in [0.29, 0.717) is 16.8 Å². The molecular formula is C23H27N3O6. The van der Waals surface area contributed by atoms with Crippen LogP contribution in [0.25, 0.3) is 0 Å². The summed E-state index contributed by atoms with van der Waals surface area (Å²) in [6.07, 6.45) is 0.257. The van der Waals surface area contributed by atoms with Crippen LogP contribution < -0.4 is 16.0 Å². The fourth-order valence-corrected chi connectivity index (χ4v) is 2.81. The Morgan fingerprint density at radius 3 is 2.16 bits per heavy atom. The molecule has 0 aliphatic heterocycles. The molecule has 32 heavy (non-hydrogen) atoms. The summed E-state index contributed by atoms with van der Waals surface area (Å²) in [6.45, 7) is 3.62. The first-order chi connectivity index (χ1) is 15.4. The summed E-state index contributed by atoms with van der Waals surface area (Å²) in [5.74, 6) is -1.64. The predicted octanol–water partition coefficient (Wildman–Crippen LogP) is 2.58. The lowest BCUT2D eigenvalue weighted by molar-refractivity contribution is -0.145. The van der Waals surface area contributed by atoms with E-state index in [9.17, 15) is 19.2 Å². The number of aryl methyl sites for hydroxylation is 1. The first kappa shape index (κ1) is 24.4. The third-order valence-corrected chi connectivity index (χ3v) is 4.54. The second-order valence-corrected chi connectivity index (χ2v) is 6.72. The van der Waals surface area contributed by atoms with Crippen LogP contribution in [0.1, 0.15) is 41.4 Å². The van der Waals surface area contributed by atoms with Crippen LogP contribution in [0.4, 0.5) is 10.5 Å². The van der Waals surface area contributed by atoms with Gasteiger partial charge in [-0.05, 0) is 48.7 Å². The molecule has 1 atom stereocenters. The Balaban J connectivity index is 1.93. The number of nitrogens with one attached hydrogen (secondary N) is 3. The molecule has 2 aromatic rings. The Labute approximate surface area is 186 Å². The van der Waals surface area contributed by atoms with Gasteiger partial charge in [-0.25, -0.2) is 9.59 Å². The van der Waals surface area contributed by atoms with E-state index in [1.807, 2.05) is 19.1 Å². The molecule has 0 spiro atoms. The number of anilines is 1. The fourth-order valence-electron chi connectivity index (χ4n) is 2.81. The van der Waals surface area contributed by atoms with Crippen LogP contribution in [0.3, 0.4) is 0 Å². The van der Waals surface area contributed by atoms with Gasteiger partial charge in [0.05, 0.1) is 20.3 Å². The second-order valence-electron chi connectivity index (χ2n) is 6.72. The minimum absolute atomic E-state index is 0.245. The van der Waals surface area contributed by atoms with Crippen LogP contribution in [-0.4, -0.2) is 44.1 Å². The lowest BCUT2D eigenvalue weighted by Gasteiger charge is -2.17. The zero-order chi connectivity index (χ0) is 23.5. The Hall–Kier alpha value is -3.88. The molecule has 0 fully saturated rings. The lowest BCUT2D eigenvalue weighted by Crippen LogP contribution is -2.41. The van der Waals surface area contributed by atoms with Gasteiger partial charge >= 0.3 is 12.1 Å². The van der Waals surface area contributed by atoms with Gasteiger partial charge in [0.2, 0.25) is 5.91 Å². The van der Waals surface area contributed by atoms with Crippen molar-refractivity contribution in [2.45, 2.75) is 26.3 Å². The SMILES string of the molecule is CCOC(=O)Nc1ccc(C(=O)NCC(=O)NC(C(=O)OC)c2ccc(CC)cc2)cc1. The van der Waals surface area contributed by atoms with E-state index in [1.165, 1.54) is 19.2 Å². The number of rotatable bonds is 9. The topological polar surface area (TPSA) is 123 Å². The number of methoxy groups -OCH3 is 1. The van der Waals surface area contributed by atoms with Crippen LogP contribution in [0.2, 0.25) is 0 Å². The molecule has 9 nitrogen and oxygen atoms in total. The molecule has 0 bridgehead atoms. The third kappa shape index (κ3) is 7.12. The molecule has 0 aromatic heterocycles. The Morgan fingerprint density at radius 2 is 1.59 bits per heavy atom. The van der Waals surface area contributed by atoms with E-state index in [1.54, 1.807) is 31.2 Å². The number of amides is 3. The van der Waals surface area contributed by atoms with Crippen LogP contribution in [0.15, 0.2) is 48.5 Å². The Kier molecular flexibility index (Phi) is 9.22. The molecule has 2 rings (SSSR count). The highest BCUT2D eigenvalue weighted by atomic mass is 16.5. The number of hydrogen-bond donors (Lipinski definition) is 3. The summed E-state index contributed by atoms with van der Waals surface area (Å²) in [6, 6.07) is 12.4. The van der Waals surface area contributed by atoms with Gasteiger partial charge in [0.25, 0.3) is 5.91 Å². The maximum atomic E-state index is 12.3. The van der Waals surface area contributed by atoms with Crippen molar-refractivity contribution in [1.82, 2.24) is 10.6 Å². The molecule has 0 aliphatic carbocycles. The van der Waals surface area contributed by atoms with Crippen molar-refractivity contribution in [2.24, 2.45) is 0 Å². The van der Waals surface area contributed by atoms with Gasteiger partial charge in [-0.3, -0.25) is 14.9 Å². The first-order valence-electron chi connectivity index (χ1n) is 10.2. The molecule has 3 amide bonds. The summed E-state index contributed by atoms with van der Waals surface area (Å²) in [5, 5.41) is 7.60. The number of ether oxygens (including phenoxy) is 2. The number of benzene rings is 2. The van der Waals surface area contributed by atoms with E-state index in [4.69, 9.17) is 9.47 Å². The molecule has 1 unspecified atom stereocenters. The summed E-state index contributed by atoms with van der Waals surface area (Å²) in [4.78, 5) is 48.2. The van der Waals surface area contributed by atoms with E-state index >= 15 is 0 Å². The summed E-state index contributed by atoms with van der Waals surface area (Å²) >= 11 is 0. The maximum Gasteiger partial charge on any atom is 0.411 e. The van der Waals surface area contributed by atoms with E-state index in [-0.39, 0.29) is 13.2 Å². The largest absolute Gasteiger partial charge is 0.467 e. The average molecular weight is 441 g/mol. The molecule has 0 saturated carbocycles. The van der Waals surface area contributed by atoms with Crippen LogP contribution in [0, 0.1) is 0 Å². The normalized spacial score (nSPS) is 11.1. The van der Waals surface area contributed by atoms with Gasteiger partial charge in [-0.15, -0.1) is 0 Å². The van der Waals surface area contributed by atoms with Gasteiger partial charge < -0.3 is 20.1 Å². The van der Waals surface area contributed by atoms with Crippen molar-refractivity contribution < 1.29 is 28.7 Å². The summed E-state index contributed by atoms with van der Waals surface area (Å²) < 4.78 is 9.57. The molecule has 0 heterocycles.